The van der Waals surface area contributed by atoms with Gasteiger partial charge in [0.1, 0.15) is 28.9 Å². The van der Waals surface area contributed by atoms with Crippen LogP contribution in [0.4, 0.5) is 22.0 Å². The first-order valence-corrected chi connectivity index (χ1v) is 17.5. The minimum atomic E-state index is -5.47. The van der Waals surface area contributed by atoms with Crippen LogP contribution >= 0.6 is 11.3 Å². The second-order valence-corrected chi connectivity index (χ2v) is 14.0. The zero-order chi connectivity index (χ0) is 39.4. The van der Waals surface area contributed by atoms with E-state index in [1.54, 1.807) is 48.1 Å². The van der Waals surface area contributed by atoms with E-state index in [0.717, 1.165) is 29.0 Å². The van der Waals surface area contributed by atoms with E-state index in [4.69, 9.17) is 14.7 Å². The van der Waals surface area contributed by atoms with E-state index in [-0.39, 0.29) is 41.1 Å². The number of halogens is 6. The lowest BCUT2D eigenvalue weighted by atomic mass is 9.81. The predicted octanol–water partition coefficient (Wildman–Crippen LogP) is 3.82. The average Bonchev–Trinajstić information content (AvgIpc) is 3.78. The maximum absolute atomic E-state index is 15.7. The molecule has 55 heavy (non-hydrogen) atoms. The molecule has 1 N–H and O–H groups in total. The van der Waals surface area contributed by atoms with Crippen molar-refractivity contribution in [3.05, 3.63) is 117 Å². The number of thiazole rings is 1. The number of nitrogens with zero attached hydrogens (tertiary/aromatic N) is 5. The summed E-state index contributed by atoms with van der Waals surface area (Å²) in [4.78, 5) is 29.6. The van der Waals surface area contributed by atoms with Crippen LogP contribution in [-0.2, 0) is 33.0 Å². The third kappa shape index (κ3) is 10.2. The zero-order valence-corrected chi connectivity index (χ0v) is 32.7. The van der Waals surface area contributed by atoms with Crippen molar-refractivity contribution in [2.75, 3.05) is 6.54 Å². The number of carbonyl (C=O) groups is 2. The zero-order valence-electron chi connectivity index (χ0n) is 30.2. The van der Waals surface area contributed by atoms with Gasteiger partial charge in [-0.1, -0.05) is 32.9 Å². The molecule has 2 atom stereocenters. The van der Waals surface area contributed by atoms with Gasteiger partial charge in [0, 0.05) is 33.7 Å². The van der Waals surface area contributed by atoms with Crippen molar-refractivity contribution in [2.45, 2.75) is 71.4 Å². The molecule has 10 nitrogen and oxygen atoms in total. The lowest BCUT2D eigenvalue weighted by Gasteiger charge is -2.36. The van der Waals surface area contributed by atoms with Gasteiger partial charge in [0.05, 0.1) is 36.3 Å². The molecule has 0 aliphatic heterocycles. The minimum absolute atomic E-state index is 0. The molecule has 0 aliphatic carbocycles. The molecule has 5 aromatic rings. The Labute approximate surface area is 328 Å². The van der Waals surface area contributed by atoms with Gasteiger partial charge in [-0.15, -0.1) is 16.0 Å². The highest BCUT2D eigenvalue weighted by Crippen LogP contribution is 2.45. The molecule has 2 unspecified atom stereocenters. The third-order valence-corrected chi connectivity index (χ3v) is 9.60. The quantitative estimate of drug-likeness (QED) is 0.0823. The first kappa shape index (κ1) is 42.7. The maximum Gasteiger partial charge on any atom is 0.490 e. The molecule has 17 heteroatoms. The van der Waals surface area contributed by atoms with Crippen LogP contribution in [0.1, 0.15) is 59.5 Å². The molecule has 290 valence electrons. The number of nitriles is 1. The third-order valence-electron chi connectivity index (χ3n) is 8.58. The van der Waals surface area contributed by atoms with Crippen LogP contribution in [0.3, 0.4) is 0 Å². The van der Waals surface area contributed by atoms with Crippen LogP contribution in [0.25, 0.3) is 11.3 Å². The monoisotopic (exact) mass is 846 g/mol. The van der Waals surface area contributed by atoms with E-state index in [1.165, 1.54) is 24.3 Å². The van der Waals surface area contributed by atoms with Gasteiger partial charge in [0.25, 0.3) is 6.33 Å². The molecule has 3 aromatic carbocycles. The number of aromatic nitrogens is 4. The summed E-state index contributed by atoms with van der Waals surface area (Å²) in [7, 11) is 0. The number of esters is 2. The van der Waals surface area contributed by atoms with E-state index in [2.05, 4.69) is 15.4 Å². The summed E-state index contributed by atoms with van der Waals surface area (Å²) < 4.78 is 85.4. The van der Waals surface area contributed by atoms with Gasteiger partial charge in [-0.25, -0.2) is 23.1 Å². The first-order valence-electron chi connectivity index (χ1n) is 16.7. The maximum atomic E-state index is 15.7. The lowest BCUT2D eigenvalue weighted by Crippen LogP contribution is -3.00. The normalized spacial score (nSPS) is 13.1. The molecule has 2 aromatic heterocycles. The predicted molar refractivity (Wildman–Crippen MR) is 187 cm³/mol. The van der Waals surface area contributed by atoms with E-state index in [9.17, 15) is 27.2 Å². The van der Waals surface area contributed by atoms with E-state index < -0.39 is 53.4 Å². The molecule has 0 saturated carbocycles. The molecular formula is C38H36BrF5N6O4S. The summed E-state index contributed by atoms with van der Waals surface area (Å²) in [5, 5.41) is 18.3. The SMILES string of the molecule is Cc1cc(C[n+]2cnn(CC(OC(=O)C(F)(F)F)(c3ccc(F)cc3F)C(C)c3nc(-c4ccc(C#N)cc4)cs3)c2)cc(C)c1OC(=O)CNC(C)C.[Br-]. The van der Waals surface area contributed by atoms with Crippen molar-refractivity contribution in [1.29, 1.82) is 5.26 Å². The number of nitrogens with one attached hydrogen (secondary N) is 1. The highest BCUT2D eigenvalue weighted by Gasteiger charge is 2.53. The number of ether oxygens (including phenoxy) is 2. The number of carbonyl (C=O) groups excluding carboxylic acids is 2. The minimum Gasteiger partial charge on any atom is -1.00 e. The summed E-state index contributed by atoms with van der Waals surface area (Å²) in [6, 6.07) is 14.5. The van der Waals surface area contributed by atoms with Crippen LogP contribution in [0.2, 0.25) is 0 Å². The summed E-state index contributed by atoms with van der Waals surface area (Å²) in [6.45, 7) is 8.46. The molecule has 0 bridgehead atoms. The molecule has 0 fully saturated rings. The number of alkyl halides is 3. The van der Waals surface area contributed by atoms with Crippen molar-refractivity contribution >= 4 is 23.3 Å². The molecule has 0 radical (unpaired) electrons. The van der Waals surface area contributed by atoms with Crippen LogP contribution in [-0.4, -0.2) is 45.5 Å². The number of rotatable bonds is 13. The Morgan fingerprint density at radius 1 is 1.04 bits per heavy atom. The highest BCUT2D eigenvalue weighted by molar-refractivity contribution is 7.10. The van der Waals surface area contributed by atoms with Crippen molar-refractivity contribution in [3.63, 3.8) is 0 Å². The van der Waals surface area contributed by atoms with Crippen molar-refractivity contribution in [2.24, 2.45) is 0 Å². The molecule has 0 spiro atoms. The van der Waals surface area contributed by atoms with E-state index in [0.29, 0.717) is 39.8 Å². The Balaban J connectivity index is 0.00000673. The standard InChI is InChI=1S/C38H36F5N6O4S.BrH/c1-22(2)45-16-33(50)52-34-23(3)12-27(13-24(34)4)17-48-20-46-49(21-48)19-37(53-36(51)38(41,42)43,30-11-10-29(39)14-31(30)40)25(5)35-47-32(18-54-35)28-8-6-26(15-44)7-9-28;/h6-14,18,20-22,25,45H,16-17,19H2,1-5H3;1H/q+1;/p-1. The van der Waals surface area contributed by atoms with Gasteiger partial charge in [0.15, 0.2) is 5.60 Å². The summed E-state index contributed by atoms with van der Waals surface area (Å²) in [6.07, 6.45) is -2.63. The van der Waals surface area contributed by atoms with Crippen molar-refractivity contribution < 1.29 is 62.6 Å². The molecular weight excluding hydrogens is 811 g/mol. The fraction of sp³-hybridized carbons (Fsp3) is 0.316. The van der Waals surface area contributed by atoms with Crippen LogP contribution in [0.5, 0.6) is 5.75 Å². The number of hydrogen-bond donors (Lipinski definition) is 1. The van der Waals surface area contributed by atoms with Crippen molar-refractivity contribution in [1.82, 2.24) is 20.1 Å². The Bertz CT molecular complexity index is 2180. The first-order chi connectivity index (χ1) is 25.5. The van der Waals surface area contributed by atoms with Gasteiger partial charge in [0.2, 0.25) is 6.33 Å². The summed E-state index contributed by atoms with van der Waals surface area (Å²) >= 11 is 1.04. The average molecular weight is 848 g/mol. The van der Waals surface area contributed by atoms with Gasteiger partial charge < -0.3 is 31.8 Å². The molecule has 5 rings (SSSR count). The Morgan fingerprint density at radius 2 is 1.71 bits per heavy atom. The molecule has 0 aliphatic rings. The molecule has 0 saturated heterocycles. The largest absolute Gasteiger partial charge is 1.00 e. The summed E-state index contributed by atoms with van der Waals surface area (Å²) in [5.74, 6) is -6.09. The van der Waals surface area contributed by atoms with Crippen LogP contribution < -0.4 is 31.6 Å². The smallest absolute Gasteiger partial charge is 0.490 e. The Morgan fingerprint density at radius 3 is 2.31 bits per heavy atom. The van der Waals surface area contributed by atoms with E-state index >= 15 is 4.39 Å². The Hall–Kier alpha value is -5.05. The number of benzene rings is 3. The fourth-order valence-electron chi connectivity index (χ4n) is 5.93. The van der Waals surface area contributed by atoms with Crippen LogP contribution in [0.15, 0.2) is 72.6 Å². The van der Waals surface area contributed by atoms with Gasteiger partial charge in [-0.2, -0.15) is 18.4 Å². The topological polar surface area (TPSA) is 123 Å². The summed E-state index contributed by atoms with van der Waals surface area (Å²) in [5.41, 5.74) is 0.613. The second-order valence-electron chi connectivity index (χ2n) is 13.1. The lowest BCUT2D eigenvalue weighted by molar-refractivity contribution is -0.689. The van der Waals surface area contributed by atoms with Crippen molar-refractivity contribution in [3.8, 4) is 23.1 Å². The van der Waals surface area contributed by atoms with Gasteiger partial charge in [-0.05, 0) is 66.9 Å². The highest BCUT2D eigenvalue weighted by atomic mass is 79.9. The second kappa shape index (κ2) is 17.6. The molecule has 2 heterocycles. The van der Waals surface area contributed by atoms with Gasteiger partial charge >= 0.3 is 18.1 Å². The fourth-order valence-corrected chi connectivity index (χ4v) is 6.90. The van der Waals surface area contributed by atoms with Crippen LogP contribution in [0, 0.1) is 36.8 Å². The number of hydrogen-bond acceptors (Lipinski definition) is 9. The number of aryl methyl sites for hydroxylation is 2. The molecule has 0 amide bonds. The van der Waals surface area contributed by atoms with Gasteiger partial charge in [-0.3, -0.25) is 4.79 Å². The Kier molecular flexibility index (Phi) is 13.7. The van der Waals surface area contributed by atoms with E-state index in [1.807, 2.05) is 32.0 Å².